The van der Waals surface area contributed by atoms with E-state index < -0.39 is 12.6 Å². The molecule has 0 aliphatic heterocycles. The number of aliphatic carboxylic acids is 1. The van der Waals surface area contributed by atoms with Crippen molar-refractivity contribution in [1.82, 2.24) is 0 Å². The second-order valence-electron chi connectivity index (χ2n) is 4.63. The fraction of sp³-hybridized carbons (Fsp3) is 0.200. The van der Waals surface area contributed by atoms with Crippen LogP contribution in [-0.2, 0) is 4.79 Å². The van der Waals surface area contributed by atoms with Gasteiger partial charge in [0.15, 0.2) is 23.2 Å². The molecule has 0 aliphatic carbocycles. The number of aryl methyl sites for hydroxylation is 1. The third-order valence-corrected chi connectivity index (χ3v) is 3.16. The lowest BCUT2D eigenvalue weighted by molar-refractivity contribution is -0.139. The van der Waals surface area contributed by atoms with E-state index >= 15 is 0 Å². The highest BCUT2D eigenvalue weighted by molar-refractivity contribution is 6.06. The largest absolute Gasteiger partial charge is 0.490 e. The number of benzene rings is 1. The first-order valence-corrected chi connectivity index (χ1v) is 6.39. The molecule has 3 rings (SSSR count). The van der Waals surface area contributed by atoms with Crippen LogP contribution in [0, 0.1) is 6.92 Å². The third kappa shape index (κ3) is 2.07. The molecule has 2 heterocycles. The van der Waals surface area contributed by atoms with E-state index in [0.717, 1.165) is 0 Å². The van der Waals surface area contributed by atoms with E-state index in [9.17, 15) is 9.59 Å². The molecular formula is C15H12O7. The zero-order chi connectivity index (χ0) is 15.9. The van der Waals surface area contributed by atoms with Gasteiger partial charge in [-0.15, -0.1) is 0 Å². The van der Waals surface area contributed by atoms with Crippen LogP contribution >= 0.6 is 0 Å². The van der Waals surface area contributed by atoms with Crippen molar-refractivity contribution < 1.29 is 28.2 Å². The molecule has 1 N–H and O–H groups in total. The van der Waals surface area contributed by atoms with Gasteiger partial charge < -0.3 is 23.4 Å². The topological polar surface area (TPSA) is 99.1 Å². The zero-order valence-corrected chi connectivity index (χ0v) is 11.8. The average molecular weight is 304 g/mol. The summed E-state index contributed by atoms with van der Waals surface area (Å²) in [6, 6.07) is 2.88. The predicted octanol–water partition coefficient (Wildman–Crippen LogP) is 2.32. The first-order chi connectivity index (χ1) is 10.5. The smallest absolute Gasteiger partial charge is 0.341 e. The number of hydrogen-bond acceptors (Lipinski definition) is 6. The van der Waals surface area contributed by atoms with E-state index in [2.05, 4.69) is 0 Å². The standard InChI is InChI=1S/C15H12O7/c1-7-5-9(16)11-12(21-6-10(17)18)8-3-4-20-13(8)15(19-2)14(11)22-7/h3-5H,6H2,1-2H3,(H,17,18). The second kappa shape index (κ2) is 5.10. The van der Waals surface area contributed by atoms with Crippen LogP contribution in [0.3, 0.4) is 0 Å². The molecule has 0 radical (unpaired) electrons. The van der Waals surface area contributed by atoms with Crippen LogP contribution in [0.1, 0.15) is 5.76 Å². The summed E-state index contributed by atoms with van der Waals surface area (Å²) in [6.07, 6.45) is 1.40. The van der Waals surface area contributed by atoms with Gasteiger partial charge in [-0.1, -0.05) is 0 Å². The molecule has 0 saturated carbocycles. The lowest BCUT2D eigenvalue weighted by atomic mass is 10.1. The number of carboxylic acid groups (broad SMARTS) is 1. The number of fused-ring (bicyclic) bond motifs is 2. The van der Waals surface area contributed by atoms with Crippen LogP contribution in [0.2, 0.25) is 0 Å². The minimum absolute atomic E-state index is 0.107. The van der Waals surface area contributed by atoms with Crippen molar-refractivity contribution in [3.63, 3.8) is 0 Å². The maximum atomic E-state index is 12.3. The van der Waals surface area contributed by atoms with E-state index in [4.69, 9.17) is 23.4 Å². The highest BCUT2D eigenvalue weighted by Crippen LogP contribution is 2.42. The monoisotopic (exact) mass is 304 g/mol. The number of ether oxygens (including phenoxy) is 2. The van der Waals surface area contributed by atoms with Crippen LogP contribution in [0.4, 0.5) is 0 Å². The van der Waals surface area contributed by atoms with Crippen LogP contribution in [0.5, 0.6) is 11.5 Å². The van der Waals surface area contributed by atoms with E-state index in [1.165, 1.54) is 19.4 Å². The number of hydrogen-bond donors (Lipinski definition) is 1. The van der Waals surface area contributed by atoms with E-state index in [1.807, 2.05) is 0 Å². The fourth-order valence-corrected chi connectivity index (χ4v) is 2.36. The maximum absolute atomic E-state index is 12.3. The van der Waals surface area contributed by atoms with Crippen molar-refractivity contribution in [1.29, 1.82) is 0 Å². The van der Waals surface area contributed by atoms with Crippen molar-refractivity contribution in [2.75, 3.05) is 13.7 Å². The SMILES string of the molecule is COc1c2occc2c(OCC(=O)O)c2c(=O)cc(C)oc12. The van der Waals surface area contributed by atoms with E-state index in [1.54, 1.807) is 13.0 Å². The Kier molecular flexibility index (Phi) is 3.25. The molecule has 0 atom stereocenters. The highest BCUT2D eigenvalue weighted by atomic mass is 16.5. The number of furan rings is 1. The van der Waals surface area contributed by atoms with Gasteiger partial charge >= 0.3 is 5.97 Å². The van der Waals surface area contributed by atoms with Gasteiger partial charge in [0, 0.05) is 6.07 Å². The predicted molar refractivity (Wildman–Crippen MR) is 76.7 cm³/mol. The Hall–Kier alpha value is -2.96. The first kappa shape index (κ1) is 14.0. The number of carboxylic acids is 1. The van der Waals surface area contributed by atoms with Crippen LogP contribution in [0.25, 0.3) is 21.9 Å². The van der Waals surface area contributed by atoms with E-state index in [-0.39, 0.29) is 27.9 Å². The van der Waals surface area contributed by atoms with E-state index in [0.29, 0.717) is 16.7 Å². The summed E-state index contributed by atoms with van der Waals surface area (Å²) in [5.74, 6) is -0.392. The molecule has 2 aromatic heterocycles. The third-order valence-electron chi connectivity index (χ3n) is 3.16. The lowest BCUT2D eigenvalue weighted by Crippen LogP contribution is -2.12. The summed E-state index contributed by atoms with van der Waals surface area (Å²) >= 11 is 0. The summed E-state index contributed by atoms with van der Waals surface area (Å²) in [7, 11) is 1.43. The molecule has 7 nitrogen and oxygen atoms in total. The summed E-state index contributed by atoms with van der Waals surface area (Å²) in [6.45, 7) is 1.04. The summed E-state index contributed by atoms with van der Waals surface area (Å²) in [4.78, 5) is 23.1. The molecule has 0 unspecified atom stereocenters. The summed E-state index contributed by atoms with van der Waals surface area (Å²) < 4.78 is 21.5. The normalized spacial score (nSPS) is 11.0. The minimum atomic E-state index is -1.16. The van der Waals surface area contributed by atoms with Crippen LogP contribution in [0.15, 0.2) is 32.0 Å². The Morgan fingerprint density at radius 1 is 1.32 bits per heavy atom. The summed E-state index contributed by atoms with van der Waals surface area (Å²) in [5.41, 5.74) is 0.139. The second-order valence-corrected chi connectivity index (χ2v) is 4.63. The molecular weight excluding hydrogens is 292 g/mol. The lowest BCUT2D eigenvalue weighted by Gasteiger charge is -2.11. The Balaban J connectivity index is 2.46. The van der Waals surface area contributed by atoms with Crippen molar-refractivity contribution in [2.45, 2.75) is 6.92 Å². The molecule has 114 valence electrons. The van der Waals surface area contributed by atoms with Gasteiger partial charge in [0.1, 0.15) is 16.9 Å². The average Bonchev–Trinajstić information content (AvgIpc) is 2.92. The molecule has 0 saturated heterocycles. The molecule has 3 aromatic rings. The quantitative estimate of drug-likeness (QED) is 0.789. The van der Waals surface area contributed by atoms with Gasteiger partial charge in [-0.2, -0.15) is 0 Å². The highest BCUT2D eigenvalue weighted by Gasteiger charge is 2.23. The molecule has 0 aliphatic rings. The minimum Gasteiger partial charge on any atom is -0.490 e. The molecule has 1 aromatic carbocycles. The van der Waals surface area contributed by atoms with Gasteiger partial charge in [-0.05, 0) is 13.0 Å². The van der Waals surface area contributed by atoms with Crippen molar-refractivity contribution in [2.24, 2.45) is 0 Å². The number of methoxy groups -OCH3 is 1. The zero-order valence-electron chi connectivity index (χ0n) is 11.8. The molecule has 0 fully saturated rings. The van der Waals surface area contributed by atoms with Gasteiger partial charge in [0.2, 0.25) is 5.75 Å². The van der Waals surface area contributed by atoms with Gasteiger partial charge in [0.25, 0.3) is 0 Å². The molecule has 0 amide bonds. The maximum Gasteiger partial charge on any atom is 0.341 e. The summed E-state index contributed by atoms with van der Waals surface area (Å²) in [5, 5.41) is 9.38. The Morgan fingerprint density at radius 3 is 2.77 bits per heavy atom. The van der Waals surface area contributed by atoms with Crippen molar-refractivity contribution >= 4 is 27.9 Å². The van der Waals surface area contributed by atoms with Gasteiger partial charge in [-0.3, -0.25) is 4.79 Å². The first-order valence-electron chi connectivity index (χ1n) is 6.39. The van der Waals surface area contributed by atoms with Crippen LogP contribution < -0.4 is 14.9 Å². The number of rotatable bonds is 4. The van der Waals surface area contributed by atoms with Crippen molar-refractivity contribution in [3.8, 4) is 11.5 Å². The number of carbonyl (C=O) groups is 1. The fourth-order valence-electron chi connectivity index (χ4n) is 2.36. The van der Waals surface area contributed by atoms with Crippen molar-refractivity contribution in [3.05, 3.63) is 34.4 Å². The Bertz CT molecular complexity index is 932. The Labute approximate surface area is 123 Å². The van der Waals surface area contributed by atoms with Gasteiger partial charge in [0.05, 0.1) is 18.8 Å². The molecule has 7 heteroatoms. The molecule has 0 bridgehead atoms. The Morgan fingerprint density at radius 2 is 2.09 bits per heavy atom. The molecule has 22 heavy (non-hydrogen) atoms. The van der Waals surface area contributed by atoms with Gasteiger partial charge in [-0.25, -0.2) is 4.79 Å². The molecule has 0 spiro atoms. The van der Waals surface area contributed by atoms with Crippen LogP contribution in [-0.4, -0.2) is 24.8 Å².